The van der Waals surface area contributed by atoms with Crippen molar-refractivity contribution in [2.75, 3.05) is 6.61 Å². The van der Waals surface area contributed by atoms with E-state index in [4.69, 9.17) is 31.2 Å². The molecule has 0 bridgehead atoms. The maximum Gasteiger partial charge on any atom is 0.311 e. The summed E-state index contributed by atoms with van der Waals surface area (Å²) in [5, 5.41) is 0. The van der Waals surface area contributed by atoms with Crippen LogP contribution >= 0.6 is 0 Å². The first-order valence-corrected chi connectivity index (χ1v) is 11.8. The van der Waals surface area contributed by atoms with Crippen LogP contribution in [0.5, 0.6) is 0 Å². The lowest BCUT2D eigenvalue weighted by Crippen LogP contribution is -2.63. The zero-order valence-electron chi connectivity index (χ0n) is 24.2. The van der Waals surface area contributed by atoms with E-state index in [1.807, 2.05) is 6.07 Å². The van der Waals surface area contributed by atoms with Gasteiger partial charge in [-0.3, -0.25) is 19.2 Å². The number of hydrogen-bond donors (Lipinski definition) is 0. The van der Waals surface area contributed by atoms with Gasteiger partial charge >= 0.3 is 23.9 Å². The summed E-state index contributed by atoms with van der Waals surface area (Å²) in [6.07, 6.45) is -6.54. The summed E-state index contributed by atoms with van der Waals surface area (Å²) in [5.74, 6) is -2.92. The Balaban J connectivity index is 2.49. The van der Waals surface area contributed by atoms with Crippen molar-refractivity contribution in [2.24, 2.45) is 10.8 Å². The number of carbonyl (C=O) groups is 4. The maximum absolute atomic E-state index is 13.0. The van der Waals surface area contributed by atoms with Crippen LogP contribution in [-0.2, 0) is 54.2 Å². The summed E-state index contributed by atoms with van der Waals surface area (Å²) in [7, 11) is 0. The number of rotatable bonds is 8. The SMILES string of the molecule is [2H]CC(C)(C)C(=O)OC[C@H]1OC(OC(C)=O)[C@H](OC(=O)C(C)(C)C[2H])[C@@H](OCc2ccccc2)[C@@H]1OC(C)=O. The summed E-state index contributed by atoms with van der Waals surface area (Å²) in [4.78, 5) is 49.7. The molecule has 0 saturated carbocycles. The summed E-state index contributed by atoms with van der Waals surface area (Å²) < 4.78 is 49.3. The number of benzene rings is 1. The second kappa shape index (κ2) is 12.5. The smallest absolute Gasteiger partial charge is 0.311 e. The molecule has 206 valence electrons. The molecule has 1 saturated heterocycles. The van der Waals surface area contributed by atoms with Crippen molar-refractivity contribution in [3.8, 4) is 0 Å². The monoisotopic (exact) mass is 524 g/mol. The highest BCUT2D eigenvalue weighted by atomic mass is 16.7. The Morgan fingerprint density at radius 2 is 1.43 bits per heavy atom. The van der Waals surface area contributed by atoms with E-state index in [1.54, 1.807) is 38.1 Å². The van der Waals surface area contributed by atoms with Crippen LogP contribution < -0.4 is 0 Å². The fraction of sp³-hybridized carbons (Fsp3) is 0.630. The second-order valence-electron chi connectivity index (χ2n) is 10.2. The Kier molecular flexibility index (Phi) is 9.15. The van der Waals surface area contributed by atoms with Gasteiger partial charge in [-0.15, -0.1) is 0 Å². The topological polar surface area (TPSA) is 124 Å². The minimum absolute atomic E-state index is 0.00430. The van der Waals surface area contributed by atoms with Crippen LogP contribution in [0.3, 0.4) is 0 Å². The van der Waals surface area contributed by atoms with Gasteiger partial charge in [0, 0.05) is 16.6 Å². The number of ether oxygens (including phenoxy) is 6. The predicted molar refractivity (Wildman–Crippen MR) is 131 cm³/mol. The van der Waals surface area contributed by atoms with Gasteiger partial charge in [0.25, 0.3) is 0 Å². The average molecular weight is 525 g/mol. The molecule has 1 aromatic rings. The van der Waals surface area contributed by atoms with Gasteiger partial charge in [-0.25, -0.2) is 0 Å². The third kappa shape index (κ3) is 9.12. The summed E-state index contributed by atoms with van der Waals surface area (Å²) in [6, 6.07) is 9.04. The maximum atomic E-state index is 13.0. The molecule has 0 spiro atoms. The van der Waals surface area contributed by atoms with Crippen LogP contribution in [0, 0.1) is 10.8 Å². The Bertz CT molecular complexity index is 998. The molecule has 1 aliphatic rings. The van der Waals surface area contributed by atoms with Gasteiger partial charge in [0.15, 0.2) is 12.2 Å². The van der Waals surface area contributed by atoms with Crippen LogP contribution in [0.4, 0.5) is 0 Å². The third-order valence-electron chi connectivity index (χ3n) is 5.19. The van der Waals surface area contributed by atoms with Crippen LogP contribution in [0.1, 0.15) is 63.6 Å². The molecule has 0 amide bonds. The summed E-state index contributed by atoms with van der Waals surface area (Å²) >= 11 is 0. The molecule has 10 heteroatoms. The van der Waals surface area contributed by atoms with Crippen LogP contribution in [0.25, 0.3) is 0 Å². The first kappa shape index (κ1) is 27.1. The van der Waals surface area contributed by atoms with E-state index in [1.165, 1.54) is 20.8 Å². The fourth-order valence-corrected chi connectivity index (χ4v) is 3.32. The standard InChI is InChI=1S/C27H38O10/c1-16(28)34-20-19(15-33-24(30)26(3,4)5)36-23(35-17(2)29)22(37-25(31)27(6,7)8)21(20)32-14-18-12-10-9-11-13-18/h9-13,19-23H,14-15H2,1-8H3/t19-,20-,21+,22-,23?/m1/s1/i3D,6D. The molecule has 10 nitrogen and oxygen atoms in total. The Morgan fingerprint density at radius 3 is 2.00 bits per heavy atom. The third-order valence-corrected chi connectivity index (χ3v) is 5.19. The first-order chi connectivity index (χ1) is 18.2. The quantitative estimate of drug-likeness (QED) is 0.369. The molecule has 0 N–H and O–H groups in total. The molecule has 1 aromatic carbocycles. The first-order valence-electron chi connectivity index (χ1n) is 13.3. The number of carbonyl (C=O) groups excluding carboxylic acids is 4. The summed E-state index contributed by atoms with van der Waals surface area (Å²) in [5.41, 5.74) is -1.56. The van der Waals surface area contributed by atoms with Gasteiger partial charge < -0.3 is 28.4 Å². The fourth-order valence-electron chi connectivity index (χ4n) is 3.32. The normalized spacial score (nSPS) is 24.8. The zero-order valence-corrected chi connectivity index (χ0v) is 22.2. The van der Waals surface area contributed by atoms with E-state index in [0.717, 1.165) is 12.5 Å². The second-order valence-corrected chi connectivity index (χ2v) is 10.2. The van der Waals surface area contributed by atoms with Crippen molar-refractivity contribution in [3.63, 3.8) is 0 Å². The average Bonchev–Trinajstić information content (AvgIpc) is 2.88. The van der Waals surface area contributed by atoms with Gasteiger partial charge in [-0.05, 0) is 47.1 Å². The Hall–Kier alpha value is -2.98. The molecule has 0 aliphatic carbocycles. The van der Waals surface area contributed by atoms with Crippen molar-refractivity contribution in [1.29, 1.82) is 0 Å². The molecule has 0 aromatic heterocycles. The van der Waals surface area contributed by atoms with Crippen LogP contribution in [-0.4, -0.2) is 61.2 Å². The van der Waals surface area contributed by atoms with Crippen LogP contribution in [0.2, 0.25) is 0 Å². The van der Waals surface area contributed by atoms with Crippen LogP contribution in [0.15, 0.2) is 30.3 Å². The van der Waals surface area contributed by atoms with Gasteiger partial charge in [0.1, 0.15) is 18.8 Å². The lowest BCUT2D eigenvalue weighted by atomic mass is 9.95. The van der Waals surface area contributed by atoms with Gasteiger partial charge in [-0.1, -0.05) is 30.3 Å². The highest BCUT2D eigenvalue weighted by Gasteiger charge is 2.53. The molecule has 1 unspecified atom stereocenters. The van der Waals surface area contributed by atoms with E-state index >= 15 is 0 Å². The molecular formula is C27H38O10. The van der Waals surface area contributed by atoms with E-state index in [-0.39, 0.29) is 20.4 Å². The van der Waals surface area contributed by atoms with Crippen molar-refractivity contribution in [3.05, 3.63) is 35.9 Å². The Labute approximate surface area is 220 Å². The van der Waals surface area contributed by atoms with Gasteiger partial charge in [0.05, 0.1) is 17.4 Å². The number of hydrogen-bond acceptors (Lipinski definition) is 10. The van der Waals surface area contributed by atoms with Gasteiger partial charge in [0.2, 0.25) is 6.29 Å². The van der Waals surface area contributed by atoms with Crippen molar-refractivity contribution < 1.29 is 50.3 Å². The zero-order chi connectivity index (χ0) is 29.4. The summed E-state index contributed by atoms with van der Waals surface area (Å²) in [6.45, 7) is 7.50. The molecule has 5 atom stereocenters. The van der Waals surface area contributed by atoms with E-state index < -0.39 is 72.0 Å². The minimum atomic E-state index is -1.51. The van der Waals surface area contributed by atoms with Crippen molar-refractivity contribution in [2.45, 2.75) is 92.7 Å². The lowest BCUT2D eigenvalue weighted by Gasteiger charge is -2.44. The molecule has 2 rings (SSSR count). The molecular weight excluding hydrogens is 484 g/mol. The van der Waals surface area contributed by atoms with E-state index in [9.17, 15) is 19.2 Å². The molecule has 1 aliphatic heterocycles. The highest BCUT2D eigenvalue weighted by Crippen LogP contribution is 2.32. The minimum Gasteiger partial charge on any atom is -0.462 e. The van der Waals surface area contributed by atoms with Crippen molar-refractivity contribution in [1.82, 2.24) is 0 Å². The number of esters is 4. The molecule has 37 heavy (non-hydrogen) atoms. The molecule has 1 fully saturated rings. The van der Waals surface area contributed by atoms with E-state index in [2.05, 4.69) is 0 Å². The van der Waals surface area contributed by atoms with Gasteiger partial charge in [-0.2, -0.15) is 0 Å². The van der Waals surface area contributed by atoms with E-state index in [0.29, 0.717) is 0 Å². The molecule has 0 radical (unpaired) electrons. The Morgan fingerprint density at radius 1 is 0.838 bits per heavy atom. The largest absolute Gasteiger partial charge is 0.462 e. The lowest BCUT2D eigenvalue weighted by molar-refractivity contribution is -0.307. The highest BCUT2D eigenvalue weighted by molar-refractivity contribution is 5.76. The van der Waals surface area contributed by atoms with Crippen molar-refractivity contribution >= 4 is 23.9 Å². The predicted octanol–water partition coefficient (Wildman–Crippen LogP) is 3.34. The molecule has 1 heterocycles.